The molecule has 0 unspecified atom stereocenters. The van der Waals surface area contributed by atoms with Crippen molar-refractivity contribution in [2.24, 2.45) is 0 Å². The average molecular weight is 379 g/mol. The summed E-state index contributed by atoms with van der Waals surface area (Å²) < 4.78 is 0. The lowest BCUT2D eigenvalue weighted by atomic mass is 10.2. The number of nitrogens with zero attached hydrogens (tertiary/aromatic N) is 3. The summed E-state index contributed by atoms with van der Waals surface area (Å²) in [5.74, 6) is 0.631. The smallest absolute Gasteiger partial charge is 0.254 e. The van der Waals surface area contributed by atoms with Crippen LogP contribution in [0, 0.1) is 0 Å². The van der Waals surface area contributed by atoms with E-state index < -0.39 is 0 Å². The first kappa shape index (κ1) is 18.0. The number of piperazine rings is 1. The minimum absolute atomic E-state index is 0.0374. The fourth-order valence-corrected chi connectivity index (χ4v) is 3.10. The van der Waals surface area contributed by atoms with Gasteiger partial charge in [0.1, 0.15) is 5.82 Å². The van der Waals surface area contributed by atoms with Crippen molar-refractivity contribution in [3.8, 4) is 0 Å². The van der Waals surface area contributed by atoms with E-state index in [1.165, 1.54) is 0 Å². The van der Waals surface area contributed by atoms with Gasteiger partial charge >= 0.3 is 0 Å². The molecule has 0 atom stereocenters. The molecule has 25 heavy (non-hydrogen) atoms. The Kier molecular flexibility index (Phi) is 5.78. The molecular weight excluding hydrogens is 359 g/mol. The van der Waals surface area contributed by atoms with E-state index in [9.17, 15) is 4.79 Å². The molecule has 2 aromatic rings. The maximum atomic E-state index is 12.7. The topological polar surface area (TPSA) is 48.5 Å². The van der Waals surface area contributed by atoms with Gasteiger partial charge in [0.15, 0.2) is 0 Å². The lowest BCUT2D eigenvalue weighted by Crippen LogP contribution is -2.48. The fraction of sp³-hybridized carbons (Fsp3) is 0.333. The summed E-state index contributed by atoms with van der Waals surface area (Å²) in [5, 5.41) is 4.11. The zero-order valence-corrected chi connectivity index (χ0v) is 15.5. The number of benzene rings is 1. The lowest BCUT2D eigenvalue weighted by molar-refractivity contribution is 0.0643. The summed E-state index contributed by atoms with van der Waals surface area (Å²) in [6.07, 6.45) is 1.63. The Morgan fingerprint density at radius 3 is 2.56 bits per heavy atom. The molecule has 1 aliphatic heterocycles. The molecule has 1 N–H and O–H groups in total. The van der Waals surface area contributed by atoms with Crippen LogP contribution in [0.3, 0.4) is 0 Å². The highest BCUT2D eigenvalue weighted by Crippen LogP contribution is 2.26. The third-order valence-electron chi connectivity index (χ3n) is 4.31. The van der Waals surface area contributed by atoms with Crippen molar-refractivity contribution in [3.05, 3.63) is 52.1 Å². The standard InChI is InChI=1S/C18H20Cl2N4O/c1-2-23-7-9-24(10-8-23)18(25)13-5-6-21-17(11-13)22-14-3-4-15(19)16(20)12-14/h3-6,11-12H,2,7-10H2,1H3,(H,21,22). The van der Waals surface area contributed by atoms with Crippen molar-refractivity contribution < 1.29 is 4.79 Å². The van der Waals surface area contributed by atoms with Gasteiger partial charge < -0.3 is 15.1 Å². The van der Waals surface area contributed by atoms with Crippen molar-refractivity contribution in [1.82, 2.24) is 14.8 Å². The molecule has 3 rings (SSSR count). The number of likely N-dealkylation sites (N-methyl/N-ethyl adjacent to an activating group) is 1. The maximum absolute atomic E-state index is 12.7. The van der Waals surface area contributed by atoms with Gasteiger partial charge in [-0.3, -0.25) is 4.79 Å². The number of pyridine rings is 1. The van der Waals surface area contributed by atoms with Crippen molar-refractivity contribution in [2.75, 3.05) is 38.0 Å². The molecule has 0 bridgehead atoms. The van der Waals surface area contributed by atoms with Gasteiger partial charge in [0.2, 0.25) is 0 Å². The van der Waals surface area contributed by atoms with Crippen LogP contribution in [0.1, 0.15) is 17.3 Å². The van der Waals surface area contributed by atoms with Crippen LogP contribution < -0.4 is 5.32 Å². The minimum Gasteiger partial charge on any atom is -0.340 e. The predicted molar refractivity (Wildman–Crippen MR) is 102 cm³/mol. The number of hydrogen-bond donors (Lipinski definition) is 1. The Balaban J connectivity index is 1.70. The van der Waals surface area contributed by atoms with Gasteiger partial charge in [-0.2, -0.15) is 0 Å². The average Bonchev–Trinajstić information content (AvgIpc) is 2.64. The Morgan fingerprint density at radius 1 is 1.12 bits per heavy atom. The number of amides is 1. The van der Waals surface area contributed by atoms with Crippen LogP contribution in [0.25, 0.3) is 0 Å². The van der Waals surface area contributed by atoms with Crippen LogP contribution in [0.5, 0.6) is 0 Å². The highest BCUT2D eigenvalue weighted by atomic mass is 35.5. The van der Waals surface area contributed by atoms with E-state index >= 15 is 0 Å². The largest absolute Gasteiger partial charge is 0.340 e. The van der Waals surface area contributed by atoms with Gasteiger partial charge in [-0.05, 0) is 36.9 Å². The molecule has 1 amide bonds. The molecule has 1 aromatic heterocycles. The number of carbonyl (C=O) groups excluding carboxylic acids is 1. The van der Waals surface area contributed by atoms with Crippen LogP contribution in [0.4, 0.5) is 11.5 Å². The van der Waals surface area contributed by atoms with E-state index in [2.05, 4.69) is 22.1 Å². The summed E-state index contributed by atoms with van der Waals surface area (Å²) in [5.41, 5.74) is 1.39. The monoisotopic (exact) mass is 378 g/mol. The lowest BCUT2D eigenvalue weighted by Gasteiger charge is -2.34. The number of anilines is 2. The van der Waals surface area contributed by atoms with E-state index in [1.54, 1.807) is 30.5 Å². The van der Waals surface area contributed by atoms with Gasteiger partial charge in [-0.25, -0.2) is 4.98 Å². The number of carbonyl (C=O) groups is 1. The first-order valence-electron chi connectivity index (χ1n) is 8.26. The fourth-order valence-electron chi connectivity index (χ4n) is 2.80. The van der Waals surface area contributed by atoms with E-state index in [0.717, 1.165) is 38.4 Å². The second-order valence-corrected chi connectivity index (χ2v) is 6.72. The Labute approximate surface area is 157 Å². The van der Waals surface area contributed by atoms with Crippen molar-refractivity contribution in [1.29, 1.82) is 0 Å². The normalized spacial score (nSPS) is 15.2. The first-order chi connectivity index (χ1) is 12.1. The quantitative estimate of drug-likeness (QED) is 0.875. The molecule has 7 heteroatoms. The molecule has 0 spiro atoms. The summed E-state index contributed by atoms with van der Waals surface area (Å²) >= 11 is 12.0. The van der Waals surface area contributed by atoms with Crippen LogP contribution >= 0.6 is 23.2 Å². The van der Waals surface area contributed by atoms with E-state index in [4.69, 9.17) is 23.2 Å². The second-order valence-electron chi connectivity index (χ2n) is 5.91. The number of halogens is 2. The molecular formula is C18H20Cl2N4O. The third-order valence-corrected chi connectivity index (χ3v) is 5.04. The zero-order valence-electron chi connectivity index (χ0n) is 14.0. The van der Waals surface area contributed by atoms with Crippen molar-refractivity contribution >= 4 is 40.6 Å². The van der Waals surface area contributed by atoms with Crippen LogP contribution in [-0.2, 0) is 0 Å². The molecule has 0 aliphatic carbocycles. The van der Waals surface area contributed by atoms with Gasteiger partial charge in [-0.1, -0.05) is 30.1 Å². The second kappa shape index (κ2) is 8.04. The van der Waals surface area contributed by atoms with Gasteiger partial charge in [0.05, 0.1) is 10.0 Å². The molecule has 132 valence electrons. The van der Waals surface area contributed by atoms with Gasteiger partial charge in [0, 0.05) is 43.6 Å². The van der Waals surface area contributed by atoms with Crippen LogP contribution in [-0.4, -0.2) is 53.4 Å². The van der Waals surface area contributed by atoms with Gasteiger partial charge in [0.25, 0.3) is 5.91 Å². The molecule has 0 saturated carbocycles. The highest BCUT2D eigenvalue weighted by Gasteiger charge is 2.21. The SMILES string of the molecule is CCN1CCN(C(=O)c2ccnc(Nc3ccc(Cl)c(Cl)c3)c2)CC1. The first-order valence-corrected chi connectivity index (χ1v) is 9.02. The Hall–Kier alpha value is -1.82. The maximum Gasteiger partial charge on any atom is 0.254 e. The summed E-state index contributed by atoms with van der Waals surface area (Å²) in [4.78, 5) is 21.2. The molecule has 1 fully saturated rings. The van der Waals surface area contributed by atoms with E-state index in [1.807, 2.05) is 11.0 Å². The van der Waals surface area contributed by atoms with Gasteiger partial charge in [-0.15, -0.1) is 0 Å². The highest BCUT2D eigenvalue weighted by molar-refractivity contribution is 6.42. The summed E-state index contributed by atoms with van der Waals surface area (Å²) in [6, 6.07) is 8.76. The van der Waals surface area contributed by atoms with Crippen LogP contribution in [0.15, 0.2) is 36.5 Å². The number of nitrogens with one attached hydrogen (secondary N) is 1. The van der Waals surface area contributed by atoms with E-state index in [0.29, 0.717) is 21.4 Å². The molecule has 1 aliphatic rings. The number of hydrogen-bond acceptors (Lipinski definition) is 4. The predicted octanol–water partition coefficient (Wildman–Crippen LogP) is 3.91. The summed E-state index contributed by atoms with van der Waals surface area (Å²) in [7, 11) is 0. The Bertz CT molecular complexity index is 760. The zero-order chi connectivity index (χ0) is 17.8. The molecule has 2 heterocycles. The molecule has 5 nitrogen and oxygen atoms in total. The molecule has 1 saturated heterocycles. The Morgan fingerprint density at radius 2 is 1.88 bits per heavy atom. The van der Waals surface area contributed by atoms with E-state index in [-0.39, 0.29) is 5.91 Å². The molecule has 0 radical (unpaired) electrons. The van der Waals surface area contributed by atoms with Crippen molar-refractivity contribution in [2.45, 2.75) is 6.92 Å². The van der Waals surface area contributed by atoms with Crippen LogP contribution in [0.2, 0.25) is 10.0 Å². The van der Waals surface area contributed by atoms with Crippen molar-refractivity contribution in [3.63, 3.8) is 0 Å². The summed E-state index contributed by atoms with van der Waals surface area (Å²) in [6.45, 7) is 6.51. The third kappa shape index (κ3) is 4.42. The molecule has 1 aromatic carbocycles. The number of rotatable bonds is 4. The number of aromatic nitrogens is 1. The minimum atomic E-state index is 0.0374.